The number of rotatable bonds is 8. The number of ketones is 1. The third kappa shape index (κ3) is 5.42. The summed E-state index contributed by atoms with van der Waals surface area (Å²) < 4.78 is 10.4. The minimum Gasteiger partial charge on any atom is -0.493 e. The molecule has 6 nitrogen and oxygen atoms in total. The van der Waals surface area contributed by atoms with Gasteiger partial charge in [0.1, 0.15) is 12.3 Å². The first-order chi connectivity index (χ1) is 13.3. The van der Waals surface area contributed by atoms with Crippen LogP contribution in [-0.4, -0.2) is 37.4 Å². The highest BCUT2D eigenvalue weighted by molar-refractivity contribution is 6.01. The predicted octanol–water partition coefficient (Wildman–Crippen LogP) is 3.17. The van der Waals surface area contributed by atoms with Gasteiger partial charge >= 0.3 is 5.97 Å². The van der Waals surface area contributed by atoms with Crippen LogP contribution in [-0.2, 0) is 9.53 Å². The zero-order valence-electron chi connectivity index (χ0n) is 16.6. The second-order valence-corrected chi connectivity index (χ2v) is 6.47. The number of nitrogens with one attached hydrogen (secondary N) is 1. The van der Waals surface area contributed by atoms with Crippen LogP contribution in [0.3, 0.4) is 0 Å². The fraction of sp³-hybridized carbons (Fsp3) is 0.318. The van der Waals surface area contributed by atoms with Gasteiger partial charge < -0.3 is 14.8 Å². The number of aryl methyl sites for hydroxylation is 3. The lowest BCUT2D eigenvalue weighted by Gasteiger charge is -2.12. The second kappa shape index (κ2) is 9.69. The van der Waals surface area contributed by atoms with Gasteiger partial charge in [-0.15, -0.1) is 0 Å². The van der Waals surface area contributed by atoms with Gasteiger partial charge in [-0.1, -0.05) is 29.8 Å². The van der Waals surface area contributed by atoms with E-state index in [0.717, 1.165) is 16.7 Å². The Morgan fingerprint density at radius 2 is 1.64 bits per heavy atom. The molecule has 28 heavy (non-hydrogen) atoms. The molecule has 0 fully saturated rings. The highest BCUT2D eigenvalue weighted by Crippen LogP contribution is 2.18. The van der Waals surface area contributed by atoms with E-state index >= 15 is 0 Å². The van der Waals surface area contributed by atoms with E-state index in [1.165, 1.54) is 0 Å². The summed E-state index contributed by atoms with van der Waals surface area (Å²) in [4.78, 5) is 36.6. The van der Waals surface area contributed by atoms with Gasteiger partial charge in [-0.3, -0.25) is 14.4 Å². The molecule has 148 valence electrons. The molecule has 6 heteroatoms. The molecule has 1 amide bonds. The summed E-state index contributed by atoms with van der Waals surface area (Å²) in [7, 11) is 0. The Bertz CT molecular complexity index is 865. The number of hydrogen-bond acceptors (Lipinski definition) is 5. The molecule has 2 rings (SSSR count). The van der Waals surface area contributed by atoms with Crippen LogP contribution in [0.15, 0.2) is 36.4 Å². The Morgan fingerprint density at radius 3 is 2.29 bits per heavy atom. The standard InChI is InChI=1S/C22H25NO5/c1-5-27-19-9-7-6-8-17(19)22(26)23-12-20(25)28-13-18(24)21-15(3)10-14(2)11-16(21)4/h6-11H,5,12-13H2,1-4H3,(H,23,26). The number of para-hydroxylation sites is 1. The number of esters is 1. The van der Waals surface area contributed by atoms with E-state index in [9.17, 15) is 14.4 Å². The lowest BCUT2D eigenvalue weighted by molar-refractivity contribution is -0.141. The molecule has 0 aliphatic rings. The van der Waals surface area contributed by atoms with Crippen LogP contribution in [0.5, 0.6) is 5.75 Å². The first kappa shape index (κ1) is 21.2. The molecule has 0 unspecified atom stereocenters. The van der Waals surface area contributed by atoms with E-state index in [4.69, 9.17) is 9.47 Å². The molecule has 1 N–H and O–H groups in total. The van der Waals surface area contributed by atoms with E-state index in [-0.39, 0.29) is 18.9 Å². The average Bonchev–Trinajstić information content (AvgIpc) is 2.64. The molecule has 0 spiro atoms. The van der Waals surface area contributed by atoms with Crippen molar-refractivity contribution in [3.63, 3.8) is 0 Å². The largest absolute Gasteiger partial charge is 0.493 e. The monoisotopic (exact) mass is 383 g/mol. The molecule has 2 aromatic carbocycles. The van der Waals surface area contributed by atoms with Gasteiger partial charge in [-0.2, -0.15) is 0 Å². The van der Waals surface area contributed by atoms with Crippen LogP contribution in [0.1, 0.15) is 44.3 Å². The molecule has 2 aromatic rings. The van der Waals surface area contributed by atoms with Gasteiger partial charge in [0.15, 0.2) is 6.61 Å². The van der Waals surface area contributed by atoms with Crippen molar-refractivity contribution in [2.45, 2.75) is 27.7 Å². The lowest BCUT2D eigenvalue weighted by Crippen LogP contribution is -2.31. The molecule has 0 aliphatic heterocycles. The van der Waals surface area contributed by atoms with Crippen LogP contribution >= 0.6 is 0 Å². The molecular formula is C22H25NO5. The highest BCUT2D eigenvalue weighted by Gasteiger charge is 2.17. The molecule has 0 bridgehead atoms. The predicted molar refractivity (Wildman–Crippen MR) is 106 cm³/mol. The Balaban J connectivity index is 1.90. The van der Waals surface area contributed by atoms with Crippen LogP contribution in [0.4, 0.5) is 0 Å². The van der Waals surface area contributed by atoms with Gasteiger partial charge in [0, 0.05) is 5.56 Å². The Hall–Kier alpha value is -3.15. The maximum absolute atomic E-state index is 12.4. The number of ether oxygens (including phenoxy) is 2. The summed E-state index contributed by atoms with van der Waals surface area (Å²) in [6, 6.07) is 10.6. The number of amides is 1. The van der Waals surface area contributed by atoms with Gasteiger partial charge in [0.05, 0.1) is 12.2 Å². The number of carbonyl (C=O) groups is 3. The molecule has 0 saturated heterocycles. The lowest BCUT2D eigenvalue weighted by atomic mass is 9.97. The zero-order chi connectivity index (χ0) is 20.7. The number of Topliss-reactive ketones (excluding diaryl/α,β-unsaturated/α-hetero) is 1. The second-order valence-electron chi connectivity index (χ2n) is 6.47. The van der Waals surface area contributed by atoms with Crippen LogP contribution in [0, 0.1) is 20.8 Å². The van der Waals surface area contributed by atoms with E-state index in [1.807, 2.05) is 39.8 Å². The number of benzene rings is 2. The van der Waals surface area contributed by atoms with E-state index in [0.29, 0.717) is 23.5 Å². The summed E-state index contributed by atoms with van der Waals surface area (Å²) >= 11 is 0. The van der Waals surface area contributed by atoms with Gasteiger partial charge in [-0.05, 0) is 51.0 Å². The fourth-order valence-corrected chi connectivity index (χ4v) is 3.07. The topological polar surface area (TPSA) is 81.7 Å². The van der Waals surface area contributed by atoms with E-state index in [1.54, 1.807) is 24.3 Å². The third-order valence-electron chi connectivity index (χ3n) is 4.14. The molecule has 0 aliphatic carbocycles. The van der Waals surface area contributed by atoms with Crippen molar-refractivity contribution >= 4 is 17.7 Å². The van der Waals surface area contributed by atoms with Crippen molar-refractivity contribution in [3.05, 3.63) is 64.2 Å². The molecular weight excluding hydrogens is 358 g/mol. The normalized spacial score (nSPS) is 10.3. The van der Waals surface area contributed by atoms with E-state index in [2.05, 4.69) is 5.32 Å². The van der Waals surface area contributed by atoms with Gasteiger partial charge in [-0.25, -0.2) is 0 Å². The van der Waals surface area contributed by atoms with Crippen LogP contribution in [0.25, 0.3) is 0 Å². The zero-order valence-corrected chi connectivity index (χ0v) is 16.6. The smallest absolute Gasteiger partial charge is 0.325 e. The first-order valence-corrected chi connectivity index (χ1v) is 9.10. The van der Waals surface area contributed by atoms with Crippen molar-refractivity contribution in [1.29, 1.82) is 0 Å². The molecule has 0 aromatic heterocycles. The molecule has 0 saturated carbocycles. The van der Waals surface area contributed by atoms with Crippen LogP contribution in [0.2, 0.25) is 0 Å². The quantitative estimate of drug-likeness (QED) is 0.559. The van der Waals surface area contributed by atoms with E-state index < -0.39 is 11.9 Å². The summed E-state index contributed by atoms with van der Waals surface area (Å²) in [5.41, 5.74) is 3.66. The Kier molecular flexibility index (Phi) is 7.32. The number of hydrogen-bond donors (Lipinski definition) is 1. The summed E-state index contributed by atoms with van der Waals surface area (Å²) in [6.07, 6.45) is 0. The SMILES string of the molecule is CCOc1ccccc1C(=O)NCC(=O)OCC(=O)c1c(C)cc(C)cc1C. The summed E-state index contributed by atoms with van der Waals surface area (Å²) in [5.74, 6) is -0.955. The fourth-order valence-electron chi connectivity index (χ4n) is 3.07. The Morgan fingerprint density at radius 1 is 1.00 bits per heavy atom. The first-order valence-electron chi connectivity index (χ1n) is 9.10. The molecule has 0 radical (unpaired) electrons. The molecule has 0 atom stereocenters. The maximum Gasteiger partial charge on any atom is 0.325 e. The van der Waals surface area contributed by atoms with Crippen molar-refractivity contribution < 1.29 is 23.9 Å². The van der Waals surface area contributed by atoms with Crippen LogP contribution < -0.4 is 10.1 Å². The van der Waals surface area contributed by atoms with Crippen molar-refractivity contribution in [2.24, 2.45) is 0 Å². The van der Waals surface area contributed by atoms with Crippen molar-refractivity contribution in [3.8, 4) is 5.75 Å². The van der Waals surface area contributed by atoms with Crippen molar-refractivity contribution in [2.75, 3.05) is 19.8 Å². The highest BCUT2D eigenvalue weighted by atomic mass is 16.5. The number of carbonyl (C=O) groups excluding carboxylic acids is 3. The summed E-state index contributed by atoms with van der Waals surface area (Å²) in [5, 5.41) is 2.49. The maximum atomic E-state index is 12.4. The average molecular weight is 383 g/mol. The van der Waals surface area contributed by atoms with Crippen molar-refractivity contribution in [1.82, 2.24) is 5.32 Å². The van der Waals surface area contributed by atoms with Gasteiger partial charge in [0.2, 0.25) is 5.78 Å². The third-order valence-corrected chi connectivity index (χ3v) is 4.14. The summed E-state index contributed by atoms with van der Waals surface area (Å²) in [6.45, 7) is 7.21. The van der Waals surface area contributed by atoms with Gasteiger partial charge in [0.25, 0.3) is 5.91 Å². The molecule has 0 heterocycles. The minimum absolute atomic E-state index is 0.267. The Labute approximate surface area is 164 Å². The minimum atomic E-state index is -0.682.